The molecule has 92 valence electrons. The largest absolute Gasteiger partial charge is 0.465 e. The molecule has 1 heterocycles. The zero-order valence-corrected chi connectivity index (χ0v) is 10.9. The van der Waals surface area contributed by atoms with Crippen LogP contribution in [0, 0.1) is 6.92 Å². The zero-order valence-electron chi connectivity index (χ0n) is 10.9. The quantitative estimate of drug-likeness (QED) is 0.807. The van der Waals surface area contributed by atoms with E-state index in [4.69, 9.17) is 10.2 Å². The summed E-state index contributed by atoms with van der Waals surface area (Å²) in [6, 6.07) is 2.67. The highest BCUT2D eigenvalue weighted by atomic mass is 16.3. The minimum absolute atomic E-state index is 0.559. The molecule has 1 atom stereocenters. The van der Waals surface area contributed by atoms with Gasteiger partial charge in [-0.1, -0.05) is 13.3 Å². The molecule has 2 N–H and O–H groups in total. The molecule has 0 saturated carbocycles. The lowest BCUT2D eigenvalue weighted by molar-refractivity contribution is 0.218. The van der Waals surface area contributed by atoms with Crippen LogP contribution in [0.3, 0.4) is 0 Å². The Balaban J connectivity index is 2.58. The third kappa shape index (κ3) is 3.35. The molecule has 3 heteroatoms. The fraction of sp³-hybridized carbons (Fsp3) is 0.692. The highest BCUT2D eigenvalue weighted by Gasteiger charge is 2.12. The molecule has 0 spiro atoms. The van der Waals surface area contributed by atoms with Gasteiger partial charge in [0.2, 0.25) is 0 Å². The van der Waals surface area contributed by atoms with Crippen LogP contribution in [0.4, 0.5) is 0 Å². The van der Waals surface area contributed by atoms with Crippen molar-refractivity contribution in [2.24, 2.45) is 5.73 Å². The van der Waals surface area contributed by atoms with Gasteiger partial charge in [0.15, 0.2) is 0 Å². The van der Waals surface area contributed by atoms with Gasteiger partial charge in [0.1, 0.15) is 11.5 Å². The fourth-order valence-electron chi connectivity index (χ4n) is 1.91. The molecule has 1 unspecified atom stereocenters. The highest BCUT2D eigenvalue weighted by Crippen LogP contribution is 2.17. The molecular weight excluding hydrogens is 200 g/mol. The van der Waals surface area contributed by atoms with E-state index in [-0.39, 0.29) is 0 Å². The molecule has 0 fully saturated rings. The monoisotopic (exact) mass is 224 g/mol. The Bertz CT molecular complexity index is 320. The van der Waals surface area contributed by atoms with Gasteiger partial charge in [-0.25, -0.2) is 0 Å². The first-order valence-corrected chi connectivity index (χ1v) is 6.07. The highest BCUT2D eigenvalue weighted by molar-refractivity contribution is 5.20. The minimum Gasteiger partial charge on any atom is -0.465 e. The maximum Gasteiger partial charge on any atom is 0.118 e. The molecule has 1 rings (SSSR count). The van der Waals surface area contributed by atoms with Crippen LogP contribution >= 0.6 is 0 Å². The molecule has 0 aliphatic carbocycles. The van der Waals surface area contributed by atoms with Crippen molar-refractivity contribution < 1.29 is 4.42 Å². The van der Waals surface area contributed by atoms with Crippen LogP contribution in [-0.4, -0.2) is 18.0 Å². The van der Waals surface area contributed by atoms with Crippen molar-refractivity contribution in [2.45, 2.75) is 52.7 Å². The Morgan fingerprint density at radius 3 is 2.69 bits per heavy atom. The van der Waals surface area contributed by atoms with Crippen LogP contribution in [0.2, 0.25) is 0 Å². The van der Waals surface area contributed by atoms with Gasteiger partial charge in [0, 0.05) is 18.2 Å². The third-order valence-electron chi connectivity index (χ3n) is 3.16. The topological polar surface area (TPSA) is 42.4 Å². The first-order valence-electron chi connectivity index (χ1n) is 6.07. The summed E-state index contributed by atoms with van der Waals surface area (Å²) in [5.41, 5.74) is 6.75. The molecule has 0 aliphatic rings. The van der Waals surface area contributed by atoms with Crippen molar-refractivity contribution >= 4 is 0 Å². The summed E-state index contributed by atoms with van der Waals surface area (Å²) >= 11 is 0. The summed E-state index contributed by atoms with van der Waals surface area (Å²) in [5, 5.41) is 0. The van der Waals surface area contributed by atoms with Gasteiger partial charge in [-0.15, -0.1) is 0 Å². The van der Waals surface area contributed by atoms with E-state index in [9.17, 15) is 0 Å². The van der Waals surface area contributed by atoms with Gasteiger partial charge in [-0.05, 0) is 33.4 Å². The summed E-state index contributed by atoms with van der Waals surface area (Å²) in [7, 11) is 2.14. The number of furan rings is 1. The maximum atomic E-state index is 5.68. The summed E-state index contributed by atoms with van der Waals surface area (Å²) in [6.45, 7) is 7.86. The first kappa shape index (κ1) is 13.3. The van der Waals surface area contributed by atoms with Crippen LogP contribution in [0.25, 0.3) is 0 Å². The van der Waals surface area contributed by atoms with Crippen molar-refractivity contribution in [3.63, 3.8) is 0 Å². The second-order valence-electron chi connectivity index (χ2n) is 4.55. The molecule has 3 nitrogen and oxygen atoms in total. The average Bonchev–Trinajstić information content (AvgIpc) is 2.59. The minimum atomic E-state index is 0.559. The predicted octanol–water partition coefficient (Wildman–Crippen LogP) is 2.67. The molecule has 16 heavy (non-hydrogen) atoms. The van der Waals surface area contributed by atoms with Gasteiger partial charge in [0.25, 0.3) is 0 Å². The number of aryl methyl sites for hydroxylation is 1. The molecule has 0 aliphatic heterocycles. The Morgan fingerprint density at radius 1 is 1.50 bits per heavy atom. The molecule has 0 radical (unpaired) electrons. The molecule has 1 aromatic rings. The number of rotatable bonds is 6. The second kappa shape index (κ2) is 6.06. The summed E-state index contributed by atoms with van der Waals surface area (Å²) in [6.07, 6.45) is 2.44. The normalized spacial score (nSPS) is 13.4. The van der Waals surface area contributed by atoms with Crippen LogP contribution in [0.1, 0.15) is 43.8 Å². The average molecular weight is 224 g/mol. The number of hydrogen-bond acceptors (Lipinski definition) is 3. The smallest absolute Gasteiger partial charge is 0.118 e. The molecule has 1 aromatic heterocycles. The fourth-order valence-corrected chi connectivity index (χ4v) is 1.91. The standard InChI is InChI=1S/C13H24N2O/c1-5-6-10(2)15(4)9-13-7-12(8-14)11(3)16-13/h7,10H,5-6,8-9,14H2,1-4H3. The predicted molar refractivity (Wildman–Crippen MR) is 67.2 cm³/mol. The van der Waals surface area contributed by atoms with Crippen molar-refractivity contribution in [2.75, 3.05) is 7.05 Å². The lowest BCUT2D eigenvalue weighted by atomic mass is 10.1. The molecule has 0 bridgehead atoms. The lowest BCUT2D eigenvalue weighted by Crippen LogP contribution is -2.28. The number of nitrogens with two attached hydrogens (primary N) is 1. The SMILES string of the molecule is CCCC(C)N(C)Cc1cc(CN)c(C)o1. The van der Waals surface area contributed by atoms with Crippen LogP contribution in [0.5, 0.6) is 0 Å². The van der Waals surface area contributed by atoms with Gasteiger partial charge in [-0.3, -0.25) is 4.90 Å². The van der Waals surface area contributed by atoms with Crippen molar-refractivity contribution in [3.05, 3.63) is 23.2 Å². The number of nitrogens with zero attached hydrogens (tertiary/aromatic N) is 1. The molecule has 0 saturated heterocycles. The summed E-state index contributed by atoms with van der Waals surface area (Å²) in [5.74, 6) is 1.97. The maximum absolute atomic E-state index is 5.68. The van der Waals surface area contributed by atoms with Crippen molar-refractivity contribution in [3.8, 4) is 0 Å². The van der Waals surface area contributed by atoms with E-state index in [1.54, 1.807) is 0 Å². The van der Waals surface area contributed by atoms with E-state index >= 15 is 0 Å². The van der Waals surface area contributed by atoms with E-state index in [1.165, 1.54) is 12.8 Å². The van der Waals surface area contributed by atoms with E-state index in [0.717, 1.165) is 23.6 Å². The number of hydrogen-bond donors (Lipinski definition) is 1. The lowest BCUT2D eigenvalue weighted by Gasteiger charge is -2.23. The van der Waals surface area contributed by atoms with E-state index in [1.807, 2.05) is 6.92 Å². The van der Waals surface area contributed by atoms with Crippen LogP contribution < -0.4 is 5.73 Å². The third-order valence-corrected chi connectivity index (χ3v) is 3.16. The molecular formula is C13H24N2O. The van der Waals surface area contributed by atoms with E-state index < -0.39 is 0 Å². The van der Waals surface area contributed by atoms with Crippen LogP contribution in [-0.2, 0) is 13.1 Å². The molecule has 0 amide bonds. The summed E-state index contributed by atoms with van der Waals surface area (Å²) < 4.78 is 5.68. The van der Waals surface area contributed by atoms with E-state index in [0.29, 0.717) is 12.6 Å². The van der Waals surface area contributed by atoms with E-state index in [2.05, 4.69) is 31.9 Å². The Kier molecular flexibility index (Phi) is 5.03. The van der Waals surface area contributed by atoms with Gasteiger partial charge in [-0.2, -0.15) is 0 Å². The van der Waals surface area contributed by atoms with Crippen molar-refractivity contribution in [1.82, 2.24) is 4.90 Å². The summed E-state index contributed by atoms with van der Waals surface area (Å²) in [4.78, 5) is 2.32. The zero-order chi connectivity index (χ0) is 12.1. The Labute approximate surface area is 98.6 Å². The second-order valence-corrected chi connectivity index (χ2v) is 4.55. The first-order chi connectivity index (χ1) is 7.58. The Morgan fingerprint density at radius 2 is 2.19 bits per heavy atom. The molecule has 0 aromatic carbocycles. The van der Waals surface area contributed by atoms with Crippen LogP contribution in [0.15, 0.2) is 10.5 Å². The Hall–Kier alpha value is -0.800. The van der Waals surface area contributed by atoms with Gasteiger partial charge >= 0.3 is 0 Å². The van der Waals surface area contributed by atoms with Gasteiger partial charge in [0.05, 0.1) is 6.54 Å². The van der Waals surface area contributed by atoms with Crippen molar-refractivity contribution in [1.29, 1.82) is 0 Å². The van der Waals surface area contributed by atoms with Gasteiger partial charge < -0.3 is 10.2 Å².